The van der Waals surface area contributed by atoms with E-state index in [0.717, 1.165) is 12.1 Å². The summed E-state index contributed by atoms with van der Waals surface area (Å²) < 4.78 is 68.1. The predicted molar refractivity (Wildman–Crippen MR) is 76.0 cm³/mol. The van der Waals surface area contributed by atoms with E-state index in [0.29, 0.717) is 13.1 Å². The molecule has 1 fully saturated rings. The Morgan fingerprint density at radius 1 is 1.12 bits per heavy atom. The number of halogens is 5. The van der Waals surface area contributed by atoms with Crippen LogP contribution in [0.5, 0.6) is 5.75 Å². The van der Waals surface area contributed by atoms with E-state index in [1.165, 1.54) is 21.9 Å². The highest BCUT2D eigenvalue weighted by Crippen LogP contribution is 2.35. The van der Waals surface area contributed by atoms with Gasteiger partial charge in [0.2, 0.25) is 0 Å². The van der Waals surface area contributed by atoms with Gasteiger partial charge in [-0.05, 0) is 12.1 Å². The minimum Gasteiger partial charge on any atom is -0.483 e. The third kappa shape index (κ3) is 5.05. The normalized spacial score (nSPS) is 16.5. The van der Waals surface area contributed by atoms with E-state index in [4.69, 9.17) is 4.74 Å². The third-order valence-corrected chi connectivity index (χ3v) is 3.66. The van der Waals surface area contributed by atoms with Crippen molar-refractivity contribution < 1.29 is 31.5 Å². The van der Waals surface area contributed by atoms with E-state index in [-0.39, 0.29) is 19.6 Å². The lowest BCUT2D eigenvalue weighted by Gasteiger charge is -2.34. The van der Waals surface area contributed by atoms with E-state index in [2.05, 4.69) is 0 Å². The molecule has 0 bridgehead atoms. The summed E-state index contributed by atoms with van der Waals surface area (Å²) in [6.07, 6.45) is -7.00. The highest BCUT2D eigenvalue weighted by molar-refractivity contribution is 5.78. The van der Waals surface area contributed by atoms with Crippen LogP contribution in [0.1, 0.15) is 5.56 Å². The van der Waals surface area contributed by atoms with Crippen LogP contribution in [0.3, 0.4) is 0 Å². The molecule has 1 aromatic carbocycles. The van der Waals surface area contributed by atoms with Crippen molar-refractivity contribution in [3.05, 3.63) is 29.8 Å². The summed E-state index contributed by atoms with van der Waals surface area (Å²) in [6, 6.07) is 4.65. The Labute approximate surface area is 135 Å². The maximum Gasteiger partial charge on any atom is 0.419 e. The second-order valence-corrected chi connectivity index (χ2v) is 5.36. The van der Waals surface area contributed by atoms with Crippen molar-refractivity contribution in [2.45, 2.75) is 12.6 Å². The van der Waals surface area contributed by atoms with E-state index < -0.39 is 36.4 Å². The fourth-order valence-electron chi connectivity index (χ4n) is 2.43. The molecular weight excluding hydrogens is 335 g/mol. The Kier molecular flexibility index (Phi) is 5.98. The zero-order valence-electron chi connectivity index (χ0n) is 12.7. The van der Waals surface area contributed by atoms with Gasteiger partial charge in [0.1, 0.15) is 5.75 Å². The fourth-order valence-corrected chi connectivity index (χ4v) is 2.43. The number of alkyl halides is 5. The molecule has 0 radical (unpaired) electrons. The number of para-hydroxylation sites is 1. The summed E-state index contributed by atoms with van der Waals surface area (Å²) in [5.74, 6) is -0.877. The number of amides is 1. The minimum absolute atomic E-state index is 0.246. The molecule has 1 saturated heterocycles. The molecule has 1 amide bonds. The highest BCUT2D eigenvalue weighted by Gasteiger charge is 2.34. The molecule has 1 aromatic rings. The number of benzene rings is 1. The van der Waals surface area contributed by atoms with E-state index >= 15 is 0 Å². The topological polar surface area (TPSA) is 32.8 Å². The summed E-state index contributed by atoms with van der Waals surface area (Å²) in [4.78, 5) is 15.0. The quantitative estimate of drug-likeness (QED) is 0.764. The van der Waals surface area contributed by atoms with Gasteiger partial charge in [0.25, 0.3) is 12.3 Å². The van der Waals surface area contributed by atoms with Crippen molar-refractivity contribution in [1.29, 1.82) is 0 Å². The first-order valence-electron chi connectivity index (χ1n) is 7.34. The number of hydrogen-bond acceptors (Lipinski definition) is 3. The van der Waals surface area contributed by atoms with Crippen LogP contribution < -0.4 is 4.74 Å². The molecule has 0 N–H and O–H groups in total. The lowest BCUT2D eigenvalue weighted by molar-refractivity contribution is -0.141. The Balaban J connectivity index is 1.87. The predicted octanol–water partition coefficient (Wildman–Crippen LogP) is 2.49. The van der Waals surface area contributed by atoms with Crippen LogP contribution in [0.4, 0.5) is 22.0 Å². The molecule has 4 nitrogen and oxygen atoms in total. The number of nitrogens with zero attached hydrogens (tertiary/aromatic N) is 2. The van der Waals surface area contributed by atoms with Crippen LogP contribution in [0.25, 0.3) is 0 Å². The summed E-state index contributed by atoms with van der Waals surface area (Å²) in [7, 11) is 0. The van der Waals surface area contributed by atoms with Gasteiger partial charge >= 0.3 is 6.18 Å². The molecule has 24 heavy (non-hydrogen) atoms. The van der Waals surface area contributed by atoms with Crippen LogP contribution in [-0.2, 0) is 11.0 Å². The number of ether oxygens (including phenoxy) is 1. The Morgan fingerprint density at radius 2 is 1.75 bits per heavy atom. The maximum absolute atomic E-state index is 12.8. The standard InChI is InChI=1S/C15H17F5N2O2/c16-13(17)9-21-5-7-22(8-6-21)14(23)10-24-12-4-2-1-3-11(12)15(18,19)20/h1-4,13H,5-10H2. The largest absolute Gasteiger partial charge is 0.483 e. The lowest BCUT2D eigenvalue weighted by atomic mass is 10.2. The molecule has 134 valence electrons. The van der Waals surface area contributed by atoms with Crippen LogP contribution in [0.2, 0.25) is 0 Å². The fraction of sp³-hybridized carbons (Fsp3) is 0.533. The smallest absolute Gasteiger partial charge is 0.419 e. The molecule has 0 aliphatic carbocycles. The summed E-state index contributed by atoms with van der Waals surface area (Å²) in [6.45, 7) is 0.218. The summed E-state index contributed by atoms with van der Waals surface area (Å²) in [5, 5.41) is 0. The van der Waals surface area contributed by atoms with E-state index in [1.54, 1.807) is 0 Å². The molecule has 0 spiro atoms. The van der Waals surface area contributed by atoms with Gasteiger partial charge in [-0.2, -0.15) is 13.2 Å². The summed E-state index contributed by atoms with van der Waals surface area (Å²) in [5.41, 5.74) is -0.945. The first-order chi connectivity index (χ1) is 11.3. The number of carbonyl (C=O) groups is 1. The van der Waals surface area contributed by atoms with Crippen molar-refractivity contribution in [3.8, 4) is 5.75 Å². The maximum atomic E-state index is 12.8. The molecule has 0 unspecified atom stereocenters. The molecule has 0 saturated carbocycles. The molecule has 1 aliphatic heterocycles. The van der Waals surface area contributed by atoms with Crippen LogP contribution >= 0.6 is 0 Å². The molecular formula is C15H17F5N2O2. The number of piperazine rings is 1. The monoisotopic (exact) mass is 352 g/mol. The molecule has 1 aliphatic rings. The van der Waals surface area contributed by atoms with Gasteiger partial charge in [-0.1, -0.05) is 12.1 Å². The van der Waals surface area contributed by atoms with Crippen molar-refractivity contribution in [2.75, 3.05) is 39.3 Å². The van der Waals surface area contributed by atoms with Gasteiger partial charge < -0.3 is 9.64 Å². The highest BCUT2D eigenvalue weighted by atomic mass is 19.4. The van der Waals surface area contributed by atoms with Gasteiger partial charge in [0.05, 0.1) is 12.1 Å². The zero-order chi connectivity index (χ0) is 17.7. The number of hydrogen-bond donors (Lipinski definition) is 0. The van der Waals surface area contributed by atoms with Gasteiger partial charge in [0.15, 0.2) is 6.61 Å². The SMILES string of the molecule is O=C(COc1ccccc1C(F)(F)F)N1CCN(CC(F)F)CC1. The van der Waals surface area contributed by atoms with Gasteiger partial charge in [0, 0.05) is 26.2 Å². The molecule has 1 heterocycles. The average molecular weight is 352 g/mol. The second-order valence-electron chi connectivity index (χ2n) is 5.36. The molecule has 2 rings (SSSR count). The van der Waals surface area contributed by atoms with Crippen LogP contribution in [-0.4, -0.2) is 61.5 Å². The van der Waals surface area contributed by atoms with Crippen molar-refractivity contribution in [3.63, 3.8) is 0 Å². The Morgan fingerprint density at radius 3 is 2.33 bits per heavy atom. The van der Waals surface area contributed by atoms with Crippen molar-refractivity contribution in [2.24, 2.45) is 0 Å². The lowest BCUT2D eigenvalue weighted by Crippen LogP contribution is -2.50. The first-order valence-corrected chi connectivity index (χ1v) is 7.34. The third-order valence-electron chi connectivity index (χ3n) is 3.66. The molecule has 0 atom stereocenters. The van der Waals surface area contributed by atoms with Crippen LogP contribution in [0.15, 0.2) is 24.3 Å². The molecule has 9 heteroatoms. The van der Waals surface area contributed by atoms with Gasteiger partial charge in [-0.3, -0.25) is 9.69 Å². The Bertz CT molecular complexity index is 557. The van der Waals surface area contributed by atoms with Crippen molar-refractivity contribution in [1.82, 2.24) is 9.80 Å². The van der Waals surface area contributed by atoms with Crippen LogP contribution in [0, 0.1) is 0 Å². The first kappa shape index (κ1) is 18.4. The van der Waals surface area contributed by atoms with E-state index in [1.807, 2.05) is 0 Å². The van der Waals surface area contributed by atoms with Crippen molar-refractivity contribution >= 4 is 5.91 Å². The number of carbonyl (C=O) groups excluding carboxylic acids is 1. The average Bonchev–Trinajstić information content (AvgIpc) is 2.52. The Hall–Kier alpha value is -1.90. The minimum atomic E-state index is -4.57. The molecule has 0 aromatic heterocycles. The van der Waals surface area contributed by atoms with E-state index in [9.17, 15) is 26.7 Å². The summed E-state index contributed by atoms with van der Waals surface area (Å²) >= 11 is 0. The number of rotatable bonds is 5. The van der Waals surface area contributed by atoms with Gasteiger partial charge in [-0.15, -0.1) is 0 Å². The van der Waals surface area contributed by atoms with Gasteiger partial charge in [-0.25, -0.2) is 8.78 Å². The zero-order valence-corrected chi connectivity index (χ0v) is 12.7. The second kappa shape index (κ2) is 7.78.